The van der Waals surface area contributed by atoms with Gasteiger partial charge in [-0.3, -0.25) is 9.59 Å². The lowest BCUT2D eigenvalue weighted by Crippen LogP contribution is -2.50. The number of amides is 2. The number of ether oxygens (including phenoxy) is 2. The maximum Gasteiger partial charge on any atom is 0.475 e. The van der Waals surface area contributed by atoms with E-state index >= 15 is 0 Å². The monoisotopic (exact) mass is 454 g/mol. The summed E-state index contributed by atoms with van der Waals surface area (Å²) in [5.74, 6) is 0.00494. The molecule has 10 heteroatoms. The second-order valence-electron chi connectivity index (χ2n) is 7.80. The molecule has 32 heavy (non-hydrogen) atoms. The predicted molar refractivity (Wildman–Crippen MR) is 125 cm³/mol. The average molecular weight is 454 g/mol. The fourth-order valence-corrected chi connectivity index (χ4v) is 3.75. The first kappa shape index (κ1) is 29.7. The van der Waals surface area contributed by atoms with Crippen LogP contribution in [0.4, 0.5) is 0 Å². The fraction of sp³-hybridized carbons (Fsp3) is 0.636. The van der Waals surface area contributed by atoms with E-state index in [1.54, 1.807) is 14.2 Å². The summed E-state index contributed by atoms with van der Waals surface area (Å²) in [6, 6.07) is 3.70. The van der Waals surface area contributed by atoms with Crippen molar-refractivity contribution in [2.75, 3.05) is 27.9 Å². The molecule has 0 bridgehead atoms. The lowest BCUT2D eigenvalue weighted by molar-refractivity contribution is -0.129. The molecule has 2 rings (SSSR count). The highest BCUT2D eigenvalue weighted by atomic mass is 16.5. The molecule has 1 aromatic rings. The highest BCUT2D eigenvalue weighted by Crippen LogP contribution is 2.37. The number of hydrogen-bond acceptors (Lipinski definition) is 7. The lowest BCUT2D eigenvalue weighted by Gasteiger charge is -2.27. The van der Waals surface area contributed by atoms with Gasteiger partial charge in [-0.25, -0.2) is 0 Å². The van der Waals surface area contributed by atoms with Crippen LogP contribution < -0.4 is 20.1 Å². The Hall–Kier alpha value is -2.30. The van der Waals surface area contributed by atoms with Gasteiger partial charge in [0.1, 0.15) is 11.5 Å². The fourth-order valence-electron chi connectivity index (χ4n) is 3.75. The normalized spacial score (nSPS) is 15.2. The van der Waals surface area contributed by atoms with E-state index in [4.69, 9.17) is 14.6 Å². The number of carbonyl (C=O) groups is 2. The summed E-state index contributed by atoms with van der Waals surface area (Å²) in [4.78, 5) is 24.7. The molecule has 0 saturated heterocycles. The van der Waals surface area contributed by atoms with E-state index in [-0.39, 0.29) is 31.7 Å². The first-order chi connectivity index (χ1) is 14.8. The second kappa shape index (κ2) is 14.7. The Balaban J connectivity index is 0.00000311. The summed E-state index contributed by atoms with van der Waals surface area (Å²) in [5, 5.41) is 31.0. The Labute approximate surface area is 191 Å². The zero-order valence-corrected chi connectivity index (χ0v) is 19.0. The third-order valence-corrected chi connectivity index (χ3v) is 5.20. The maximum absolute atomic E-state index is 12.6. The Bertz CT molecular complexity index is 728. The summed E-state index contributed by atoms with van der Waals surface area (Å²) in [6.07, 6.45) is 2.27. The van der Waals surface area contributed by atoms with E-state index in [0.717, 1.165) is 29.7 Å². The number of rotatable bonds is 9. The molecule has 2 amide bonds. The predicted octanol–water partition coefficient (Wildman–Crippen LogP) is 0.712. The van der Waals surface area contributed by atoms with Gasteiger partial charge >= 0.3 is 7.12 Å². The minimum absolute atomic E-state index is 0. The van der Waals surface area contributed by atoms with Crippen molar-refractivity contribution in [1.82, 2.24) is 10.6 Å². The van der Waals surface area contributed by atoms with Crippen molar-refractivity contribution >= 4 is 18.9 Å². The van der Waals surface area contributed by atoms with Gasteiger partial charge in [-0.05, 0) is 43.7 Å². The van der Waals surface area contributed by atoms with Crippen molar-refractivity contribution in [1.29, 1.82) is 0 Å². The smallest absolute Gasteiger partial charge is 0.475 e. The quantitative estimate of drug-likeness (QED) is 0.347. The van der Waals surface area contributed by atoms with Gasteiger partial charge in [0.15, 0.2) is 0 Å². The Morgan fingerprint density at radius 1 is 1.12 bits per heavy atom. The molecule has 9 nitrogen and oxygen atoms in total. The van der Waals surface area contributed by atoms with Crippen molar-refractivity contribution in [2.24, 2.45) is 11.8 Å². The van der Waals surface area contributed by atoms with Crippen LogP contribution in [0.2, 0.25) is 0 Å². The molecule has 2 unspecified atom stereocenters. The highest BCUT2D eigenvalue weighted by molar-refractivity contribution is 6.43. The first-order valence-electron chi connectivity index (χ1n) is 10.4. The number of nitrogens with one attached hydrogen (secondary N) is 2. The number of hydrogen-bond donors (Lipinski definition) is 5. The second-order valence-corrected chi connectivity index (χ2v) is 7.80. The summed E-state index contributed by atoms with van der Waals surface area (Å²) in [6.45, 7) is 3.64. The molecule has 0 aliphatic heterocycles. The van der Waals surface area contributed by atoms with Gasteiger partial charge in [-0.15, -0.1) is 0 Å². The Morgan fingerprint density at radius 3 is 2.19 bits per heavy atom. The Morgan fingerprint density at radius 2 is 1.69 bits per heavy atom. The molecule has 0 spiro atoms. The lowest BCUT2D eigenvalue weighted by atomic mass is 9.75. The molecule has 2 atom stereocenters. The maximum atomic E-state index is 12.6. The molecule has 0 saturated carbocycles. The molecule has 182 valence electrons. The molecule has 0 aromatic heterocycles. The molecule has 0 fully saturated rings. The van der Waals surface area contributed by atoms with Crippen LogP contribution in [0, 0.1) is 11.8 Å². The largest absolute Gasteiger partial charge is 0.496 e. The summed E-state index contributed by atoms with van der Waals surface area (Å²) >= 11 is 0. The molecular weight excluding hydrogens is 415 g/mol. The summed E-state index contributed by atoms with van der Waals surface area (Å²) in [7, 11) is 2.57. The SMILES string of the molecule is C.CO.COc1ccc(OC)c2c1CCC(C(=O)NCC(=O)NC(CC(C)C)B(O)O)C2. The molecule has 0 radical (unpaired) electrons. The first-order valence-corrected chi connectivity index (χ1v) is 10.4. The van der Waals surface area contributed by atoms with E-state index in [1.807, 2.05) is 26.0 Å². The summed E-state index contributed by atoms with van der Waals surface area (Å²) < 4.78 is 10.9. The van der Waals surface area contributed by atoms with Crippen molar-refractivity contribution < 1.29 is 34.2 Å². The van der Waals surface area contributed by atoms with E-state index in [2.05, 4.69) is 10.6 Å². The summed E-state index contributed by atoms with van der Waals surface area (Å²) in [5.41, 5.74) is 2.02. The van der Waals surface area contributed by atoms with Crippen LogP contribution in [0.15, 0.2) is 12.1 Å². The van der Waals surface area contributed by atoms with Crippen molar-refractivity contribution in [3.05, 3.63) is 23.3 Å². The standard InChI is InChI=1S/C20H31BN2O6.CH4O.CH4/c1-12(2)9-18(21(26)27)23-19(24)11-22-20(25)13-5-6-14-15(10-13)17(29-4)8-7-16(14)28-3;1-2;/h7-8,12-13,18,26-27H,5-6,9-11H2,1-4H3,(H,22,25)(H,23,24);2H,1H3;1H4. The number of methoxy groups -OCH3 is 2. The van der Waals surface area contributed by atoms with E-state index in [9.17, 15) is 19.6 Å². The van der Waals surface area contributed by atoms with Crippen LogP contribution in [-0.2, 0) is 22.4 Å². The molecule has 1 aromatic carbocycles. The highest BCUT2D eigenvalue weighted by Gasteiger charge is 2.30. The van der Waals surface area contributed by atoms with Crippen molar-refractivity contribution in [3.63, 3.8) is 0 Å². The number of carbonyl (C=O) groups excluding carboxylic acids is 2. The third-order valence-electron chi connectivity index (χ3n) is 5.20. The van der Waals surface area contributed by atoms with Crippen LogP contribution in [0.1, 0.15) is 45.2 Å². The minimum atomic E-state index is -1.64. The topological polar surface area (TPSA) is 137 Å². The van der Waals surface area contributed by atoms with Crippen LogP contribution >= 0.6 is 0 Å². The number of fused-ring (bicyclic) bond motifs is 1. The van der Waals surface area contributed by atoms with Crippen molar-refractivity contribution in [2.45, 2.75) is 52.9 Å². The van der Waals surface area contributed by atoms with Gasteiger partial charge < -0.3 is 35.3 Å². The van der Waals surface area contributed by atoms with Gasteiger partial charge in [0.2, 0.25) is 11.8 Å². The van der Waals surface area contributed by atoms with Crippen LogP contribution in [-0.4, -0.2) is 67.9 Å². The molecule has 1 aliphatic rings. The zero-order valence-electron chi connectivity index (χ0n) is 19.0. The molecule has 0 heterocycles. The van der Waals surface area contributed by atoms with Gasteiger partial charge in [-0.2, -0.15) is 0 Å². The number of aliphatic hydroxyl groups is 1. The van der Waals surface area contributed by atoms with Gasteiger partial charge in [0.05, 0.1) is 26.7 Å². The van der Waals surface area contributed by atoms with Crippen LogP contribution in [0.25, 0.3) is 0 Å². The van der Waals surface area contributed by atoms with Gasteiger partial charge in [0.25, 0.3) is 0 Å². The Kier molecular flexibility index (Phi) is 13.7. The molecule has 1 aliphatic carbocycles. The molecule has 5 N–H and O–H groups in total. The van der Waals surface area contributed by atoms with Gasteiger partial charge in [-0.1, -0.05) is 21.3 Å². The van der Waals surface area contributed by atoms with E-state index < -0.39 is 19.0 Å². The van der Waals surface area contributed by atoms with E-state index in [0.29, 0.717) is 25.7 Å². The van der Waals surface area contributed by atoms with Crippen molar-refractivity contribution in [3.8, 4) is 11.5 Å². The zero-order chi connectivity index (χ0) is 23.6. The van der Waals surface area contributed by atoms with E-state index in [1.165, 1.54) is 0 Å². The number of aliphatic hydroxyl groups excluding tert-OH is 1. The number of benzene rings is 1. The minimum Gasteiger partial charge on any atom is -0.496 e. The van der Waals surface area contributed by atoms with Gasteiger partial charge in [0, 0.05) is 24.2 Å². The van der Waals surface area contributed by atoms with Crippen LogP contribution in [0.5, 0.6) is 11.5 Å². The third kappa shape index (κ3) is 8.33. The average Bonchev–Trinajstić information content (AvgIpc) is 2.76. The molecular formula is C22H39BN2O7. The van der Waals surface area contributed by atoms with Crippen LogP contribution in [0.3, 0.4) is 0 Å².